The van der Waals surface area contributed by atoms with Gasteiger partial charge in [0, 0.05) is 11.6 Å². The second-order valence-electron chi connectivity index (χ2n) is 4.83. The molecule has 1 nitrogen and oxygen atoms in total. The summed E-state index contributed by atoms with van der Waals surface area (Å²) in [6.45, 7) is 8.17. The number of hydrogen-bond donors (Lipinski definition) is 1. The molecule has 2 heteroatoms. The van der Waals surface area contributed by atoms with Crippen LogP contribution < -0.4 is 5.32 Å². The van der Waals surface area contributed by atoms with E-state index >= 15 is 0 Å². The molecule has 0 radical (unpaired) electrons. The molecule has 100 valence electrons. The van der Waals surface area contributed by atoms with E-state index in [1.807, 2.05) is 0 Å². The zero-order chi connectivity index (χ0) is 13.8. The standard InChI is InChI=1S/C17H20ClN/c1-4-19-11-15-9-8-14(10-17(15)18)16-7-5-6-12(2)13(16)3/h5-10,19H,4,11H2,1-3H3. The quantitative estimate of drug-likeness (QED) is 0.849. The summed E-state index contributed by atoms with van der Waals surface area (Å²) < 4.78 is 0. The minimum atomic E-state index is 0.822. The molecule has 0 fully saturated rings. The molecule has 0 saturated heterocycles. The van der Waals surface area contributed by atoms with Crippen molar-refractivity contribution >= 4 is 11.6 Å². The molecule has 0 aliphatic heterocycles. The van der Waals surface area contributed by atoms with Gasteiger partial charge in [-0.1, -0.05) is 48.9 Å². The van der Waals surface area contributed by atoms with E-state index in [0.29, 0.717) is 0 Å². The minimum absolute atomic E-state index is 0.822. The highest BCUT2D eigenvalue weighted by Crippen LogP contribution is 2.29. The van der Waals surface area contributed by atoms with Crippen LogP contribution in [0.1, 0.15) is 23.6 Å². The predicted molar refractivity (Wildman–Crippen MR) is 83.7 cm³/mol. The Hall–Kier alpha value is -1.31. The smallest absolute Gasteiger partial charge is 0.0457 e. The van der Waals surface area contributed by atoms with E-state index in [0.717, 1.165) is 23.7 Å². The fraction of sp³-hybridized carbons (Fsp3) is 0.294. The molecule has 2 rings (SSSR count). The van der Waals surface area contributed by atoms with Crippen molar-refractivity contribution in [2.45, 2.75) is 27.3 Å². The van der Waals surface area contributed by atoms with Crippen LogP contribution in [0.5, 0.6) is 0 Å². The Labute approximate surface area is 120 Å². The lowest BCUT2D eigenvalue weighted by atomic mass is 9.96. The molecule has 0 aliphatic rings. The molecule has 2 aromatic carbocycles. The van der Waals surface area contributed by atoms with Gasteiger partial charge in [-0.25, -0.2) is 0 Å². The predicted octanol–water partition coefficient (Wildman–Crippen LogP) is 4.73. The Bertz CT molecular complexity index is 575. The van der Waals surface area contributed by atoms with Gasteiger partial charge in [0.25, 0.3) is 0 Å². The average molecular weight is 274 g/mol. The first-order chi connectivity index (χ1) is 9.13. The van der Waals surface area contributed by atoms with Crippen LogP contribution >= 0.6 is 11.6 Å². The monoisotopic (exact) mass is 273 g/mol. The molecule has 0 aliphatic carbocycles. The lowest BCUT2D eigenvalue weighted by Gasteiger charge is -2.11. The minimum Gasteiger partial charge on any atom is -0.313 e. The summed E-state index contributed by atoms with van der Waals surface area (Å²) in [5, 5.41) is 4.13. The second-order valence-corrected chi connectivity index (χ2v) is 5.24. The van der Waals surface area contributed by atoms with Crippen molar-refractivity contribution in [1.82, 2.24) is 5.32 Å². The van der Waals surface area contributed by atoms with Gasteiger partial charge in [-0.15, -0.1) is 0 Å². The maximum absolute atomic E-state index is 6.37. The van der Waals surface area contributed by atoms with Crippen molar-refractivity contribution < 1.29 is 0 Å². The second kappa shape index (κ2) is 6.23. The lowest BCUT2D eigenvalue weighted by Crippen LogP contribution is -2.11. The summed E-state index contributed by atoms with van der Waals surface area (Å²) >= 11 is 6.37. The Balaban J connectivity index is 2.36. The maximum atomic E-state index is 6.37. The molecule has 0 spiro atoms. The number of rotatable bonds is 4. The first kappa shape index (κ1) is 14.1. The van der Waals surface area contributed by atoms with E-state index in [4.69, 9.17) is 11.6 Å². The van der Waals surface area contributed by atoms with Crippen molar-refractivity contribution in [3.05, 3.63) is 58.1 Å². The molecule has 2 aromatic rings. The van der Waals surface area contributed by atoms with Crippen LogP contribution in [0.15, 0.2) is 36.4 Å². The third-order valence-corrected chi connectivity index (χ3v) is 3.89. The molecular weight excluding hydrogens is 254 g/mol. The van der Waals surface area contributed by atoms with Gasteiger partial charge in [-0.05, 0) is 54.3 Å². The van der Waals surface area contributed by atoms with E-state index in [1.54, 1.807) is 0 Å². The Morgan fingerprint density at radius 3 is 2.58 bits per heavy atom. The van der Waals surface area contributed by atoms with Crippen molar-refractivity contribution in [1.29, 1.82) is 0 Å². The molecule has 0 amide bonds. The van der Waals surface area contributed by atoms with Crippen molar-refractivity contribution in [3.63, 3.8) is 0 Å². The van der Waals surface area contributed by atoms with Gasteiger partial charge in [0.2, 0.25) is 0 Å². The van der Waals surface area contributed by atoms with Gasteiger partial charge < -0.3 is 5.32 Å². The zero-order valence-electron chi connectivity index (χ0n) is 11.8. The largest absolute Gasteiger partial charge is 0.313 e. The number of nitrogens with one attached hydrogen (secondary N) is 1. The summed E-state index contributed by atoms with van der Waals surface area (Å²) in [4.78, 5) is 0. The van der Waals surface area contributed by atoms with Crippen LogP contribution in [-0.2, 0) is 6.54 Å². The number of hydrogen-bond acceptors (Lipinski definition) is 1. The van der Waals surface area contributed by atoms with E-state index in [1.165, 1.54) is 22.3 Å². The maximum Gasteiger partial charge on any atom is 0.0457 e. The summed E-state index contributed by atoms with van der Waals surface area (Å²) in [5.41, 5.74) is 6.23. The summed E-state index contributed by atoms with van der Waals surface area (Å²) in [6.07, 6.45) is 0. The summed E-state index contributed by atoms with van der Waals surface area (Å²) in [5.74, 6) is 0. The molecular formula is C17H20ClN. The van der Waals surface area contributed by atoms with Crippen LogP contribution in [0.2, 0.25) is 5.02 Å². The van der Waals surface area contributed by atoms with Crippen LogP contribution in [0.3, 0.4) is 0 Å². The normalized spacial score (nSPS) is 10.7. The van der Waals surface area contributed by atoms with Gasteiger partial charge in [-0.3, -0.25) is 0 Å². The van der Waals surface area contributed by atoms with Gasteiger partial charge >= 0.3 is 0 Å². The first-order valence-corrected chi connectivity index (χ1v) is 7.07. The van der Waals surface area contributed by atoms with E-state index in [2.05, 4.69) is 62.5 Å². The van der Waals surface area contributed by atoms with Crippen LogP contribution in [-0.4, -0.2) is 6.54 Å². The highest BCUT2D eigenvalue weighted by Gasteiger charge is 2.06. The number of benzene rings is 2. The summed E-state index contributed by atoms with van der Waals surface area (Å²) in [7, 11) is 0. The lowest BCUT2D eigenvalue weighted by molar-refractivity contribution is 0.727. The SMILES string of the molecule is CCNCc1ccc(-c2cccc(C)c2C)cc1Cl. The van der Waals surface area contributed by atoms with Crippen molar-refractivity contribution in [2.75, 3.05) is 6.54 Å². The molecule has 0 saturated carbocycles. The van der Waals surface area contributed by atoms with Gasteiger partial charge in [0.1, 0.15) is 0 Å². The number of halogens is 1. The molecule has 0 atom stereocenters. The van der Waals surface area contributed by atoms with Crippen LogP contribution in [0.25, 0.3) is 11.1 Å². The molecule has 0 aromatic heterocycles. The van der Waals surface area contributed by atoms with E-state index in [-0.39, 0.29) is 0 Å². The van der Waals surface area contributed by atoms with E-state index < -0.39 is 0 Å². The fourth-order valence-electron chi connectivity index (χ4n) is 2.18. The molecule has 1 N–H and O–H groups in total. The van der Waals surface area contributed by atoms with Crippen molar-refractivity contribution in [3.8, 4) is 11.1 Å². The average Bonchev–Trinajstić information content (AvgIpc) is 2.40. The summed E-state index contributed by atoms with van der Waals surface area (Å²) in [6, 6.07) is 12.7. The topological polar surface area (TPSA) is 12.0 Å². The Morgan fingerprint density at radius 2 is 1.89 bits per heavy atom. The Morgan fingerprint density at radius 1 is 1.11 bits per heavy atom. The number of aryl methyl sites for hydroxylation is 1. The molecule has 19 heavy (non-hydrogen) atoms. The zero-order valence-corrected chi connectivity index (χ0v) is 12.5. The third-order valence-electron chi connectivity index (χ3n) is 3.53. The van der Waals surface area contributed by atoms with Gasteiger partial charge in [-0.2, -0.15) is 0 Å². The highest BCUT2D eigenvalue weighted by molar-refractivity contribution is 6.31. The Kier molecular flexibility index (Phi) is 4.62. The van der Waals surface area contributed by atoms with E-state index in [9.17, 15) is 0 Å². The third kappa shape index (κ3) is 3.17. The highest BCUT2D eigenvalue weighted by atomic mass is 35.5. The molecule has 0 unspecified atom stereocenters. The first-order valence-electron chi connectivity index (χ1n) is 6.69. The van der Waals surface area contributed by atoms with Crippen LogP contribution in [0, 0.1) is 13.8 Å². The fourth-order valence-corrected chi connectivity index (χ4v) is 2.43. The van der Waals surface area contributed by atoms with Gasteiger partial charge in [0.15, 0.2) is 0 Å². The van der Waals surface area contributed by atoms with Crippen LogP contribution in [0.4, 0.5) is 0 Å². The molecule has 0 bridgehead atoms. The molecule has 0 heterocycles. The van der Waals surface area contributed by atoms with Crippen molar-refractivity contribution in [2.24, 2.45) is 0 Å². The van der Waals surface area contributed by atoms with Gasteiger partial charge in [0.05, 0.1) is 0 Å².